The molecule has 0 spiro atoms. The molecular weight excluding hydrogens is 358 g/mol. The third-order valence-electron chi connectivity index (χ3n) is 4.24. The van der Waals surface area contributed by atoms with Gasteiger partial charge in [0.05, 0.1) is 32.3 Å². The lowest BCUT2D eigenvalue weighted by atomic mass is 10.2. The van der Waals surface area contributed by atoms with Crippen molar-refractivity contribution in [2.24, 2.45) is 0 Å². The van der Waals surface area contributed by atoms with Crippen molar-refractivity contribution in [3.05, 3.63) is 54.1 Å². The average molecular weight is 385 g/mol. The molecule has 1 unspecified atom stereocenters. The lowest BCUT2D eigenvalue weighted by molar-refractivity contribution is -0.885. The summed E-state index contributed by atoms with van der Waals surface area (Å²) in [6.07, 6.45) is 2.33. The Balaban J connectivity index is 2.09. The highest BCUT2D eigenvalue weighted by Crippen LogP contribution is 2.27. The first-order chi connectivity index (χ1) is 13.1. The highest BCUT2D eigenvalue weighted by atomic mass is 32.2. The van der Waals surface area contributed by atoms with Gasteiger partial charge in [0, 0.05) is 17.0 Å². The van der Waals surface area contributed by atoms with Crippen LogP contribution in [0.2, 0.25) is 0 Å². The second-order valence-electron chi connectivity index (χ2n) is 6.28. The van der Waals surface area contributed by atoms with Gasteiger partial charge >= 0.3 is 0 Å². The number of thioether (sulfide) groups is 1. The molecule has 5 nitrogen and oxygen atoms in total. The maximum absolute atomic E-state index is 13.0. The van der Waals surface area contributed by atoms with Crippen LogP contribution in [0.4, 0.5) is 5.69 Å². The number of ether oxygens (including phenoxy) is 1. The second kappa shape index (κ2) is 10.6. The van der Waals surface area contributed by atoms with E-state index >= 15 is 0 Å². The van der Waals surface area contributed by atoms with Gasteiger partial charge in [-0.25, -0.2) is 0 Å². The lowest BCUT2D eigenvalue weighted by Gasteiger charge is -2.25. The van der Waals surface area contributed by atoms with Gasteiger partial charge < -0.3 is 14.5 Å². The fourth-order valence-electron chi connectivity index (χ4n) is 2.90. The highest BCUT2D eigenvalue weighted by Gasteiger charge is 2.22. The van der Waals surface area contributed by atoms with E-state index < -0.39 is 0 Å². The van der Waals surface area contributed by atoms with Gasteiger partial charge in [0.1, 0.15) is 12.3 Å². The Hall–Kier alpha value is -2.49. The SMILES string of the molecule is COc1ccccc1N(CCC#N)C(=O)C[NH+](C)Cc1ccc(SC)cc1. The molecule has 142 valence electrons. The van der Waals surface area contributed by atoms with Crippen molar-refractivity contribution in [3.8, 4) is 11.8 Å². The smallest absolute Gasteiger partial charge is 0.282 e. The van der Waals surface area contributed by atoms with Crippen molar-refractivity contribution in [1.82, 2.24) is 0 Å². The monoisotopic (exact) mass is 384 g/mol. The summed E-state index contributed by atoms with van der Waals surface area (Å²) < 4.78 is 5.39. The van der Waals surface area contributed by atoms with Crippen LogP contribution in [-0.4, -0.2) is 39.4 Å². The van der Waals surface area contributed by atoms with Crippen molar-refractivity contribution in [3.63, 3.8) is 0 Å². The lowest BCUT2D eigenvalue weighted by Crippen LogP contribution is -3.09. The van der Waals surface area contributed by atoms with Gasteiger partial charge in [-0.05, 0) is 30.5 Å². The van der Waals surface area contributed by atoms with Gasteiger partial charge in [0.25, 0.3) is 5.91 Å². The van der Waals surface area contributed by atoms with E-state index in [1.54, 1.807) is 23.8 Å². The van der Waals surface area contributed by atoms with Gasteiger partial charge in [0.15, 0.2) is 6.54 Å². The summed E-state index contributed by atoms with van der Waals surface area (Å²) in [4.78, 5) is 16.9. The Bertz CT molecular complexity index is 787. The molecule has 0 aliphatic carbocycles. The first-order valence-electron chi connectivity index (χ1n) is 8.83. The van der Waals surface area contributed by atoms with E-state index in [2.05, 4.69) is 36.6 Å². The summed E-state index contributed by atoms with van der Waals surface area (Å²) in [6, 6.07) is 17.9. The maximum Gasteiger partial charge on any atom is 0.282 e. The number of hydrogen-bond acceptors (Lipinski definition) is 4. The molecule has 1 N–H and O–H groups in total. The normalized spacial score (nSPS) is 11.5. The molecule has 0 heterocycles. The van der Waals surface area contributed by atoms with Crippen LogP contribution in [0, 0.1) is 11.3 Å². The van der Waals surface area contributed by atoms with E-state index in [0.29, 0.717) is 24.5 Å². The van der Waals surface area contributed by atoms with Crippen molar-refractivity contribution >= 4 is 23.4 Å². The fourth-order valence-corrected chi connectivity index (χ4v) is 3.31. The number of nitriles is 1. The summed E-state index contributed by atoms with van der Waals surface area (Å²) in [5.74, 6) is 0.613. The summed E-state index contributed by atoms with van der Waals surface area (Å²) >= 11 is 1.71. The number of nitrogens with zero attached hydrogens (tertiary/aromatic N) is 2. The Kier molecular flexibility index (Phi) is 8.18. The number of benzene rings is 2. The first kappa shape index (κ1) is 20.8. The number of amides is 1. The zero-order valence-corrected chi connectivity index (χ0v) is 16.9. The van der Waals surface area contributed by atoms with Crippen LogP contribution in [0.1, 0.15) is 12.0 Å². The van der Waals surface area contributed by atoms with Crippen molar-refractivity contribution in [2.45, 2.75) is 17.9 Å². The number of methoxy groups -OCH3 is 1. The van der Waals surface area contributed by atoms with Gasteiger partial charge in [-0.1, -0.05) is 24.3 Å². The Morgan fingerprint density at radius 3 is 2.56 bits per heavy atom. The highest BCUT2D eigenvalue weighted by molar-refractivity contribution is 7.98. The van der Waals surface area contributed by atoms with Crippen LogP contribution in [0.15, 0.2) is 53.4 Å². The molecule has 0 aromatic heterocycles. The molecule has 6 heteroatoms. The van der Waals surface area contributed by atoms with Crippen LogP contribution in [0.3, 0.4) is 0 Å². The number of likely N-dealkylation sites (N-methyl/N-ethyl adjacent to an activating group) is 1. The van der Waals surface area contributed by atoms with E-state index in [1.165, 1.54) is 10.5 Å². The third-order valence-corrected chi connectivity index (χ3v) is 4.99. The van der Waals surface area contributed by atoms with E-state index in [1.807, 2.05) is 31.3 Å². The molecule has 0 aliphatic heterocycles. The first-order valence-corrected chi connectivity index (χ1v) is 10.1. The minimum absolute atomic E-state index is 0.0204. The summed E-state index contributed by atoms with van der Waals surface area (Å²) in [6.45, 7) is 1.46. The molecule has 0 aliphatic rings. The van der Waals surface area contributed by atoms with Crippen LogP contribution >= 0.6 is 11.8 Å². The number of rotatable bonds is 9. The standard InChI is InChI=1S/C21H25N3O2S/c1-23(15-17-9-11-18(27-3)12-10-17)16-21(25)24(14-6-13-22)19-7-4-5-8-20(19)26-2/h4-5,7-12H,6,14-16H2,1-3H3/p+1. The van der Waals surface area contributed by atoms with Crippen LogP contribution in [0.25, 0.3) is 0 Å². The number of para-hydroxylation sites is 2. The molecule has 0 fully saturated rings. The van der Waals surface area contributed by atoms with Crippen molar-refractivity contribution in [2.75, 3.05) is 38.4 Å². The molecule has 0 bridgehead atoms. The van der Waals surface area contributed by atoms with Gasteiger partial charge in [-0.2, -0.15) is 5.26 Å². The minimum atomic E-state index is -0.0204. The predicted molar refractivity (Wildman–Crippen MR) is 109 cm³/mol. The van der Waals surface area contributed by atoms with Crippen LogP contribution < -0.4 is 14.5 Å². The number of quaternary nitrogens is 1. The van der Waals surface area contributed by atoms with Gasteiger partial charge in [-0.3, -0.25) is 4.79 Å². The van der Waals surface area contributed by atoms with Gasteiger partial charge in [0.2, 0.25) is 0 Å². The summed E-state index contributed by atoms with van der Waals surface area (Å²) in [7, 11) is 3.59. The predicted octanol–water partition coefficient (Wildman–Crippen LogP) is 2.38. The largest absolute Gasteiger partial charge is 0.495 e. The number of hydrogen-bond donors (Lipinski definition) is 1. The summed E-state index contributed by atoms with van der Waals surface area (Å²) in [5, 5.41) is 8.96. The van der Waals surface area contributed by atoms with Crippen LogP contribution in [-0.2, 0) is 11.3 Å². The molecule has 0 radical (unpaired) electrons. The second-order valence-corrected chi connectivity index (χ2v) is 7.16. The molecule has 2 aromatic carbocycles. The molecular formula is C21H26N3O2S+. The molecule has 0 saturated heterocycles. The fraction of sp³-hybridized carbons (Fsp3) is 0.333. The quantitative estimate of drug-likeness (QED) is 0.675. The molecule has 2 aromatic rings. The molecule has 1 amide bonds. The number of carbonyl (C=O) groups excluding carboxylic acids is 1. The Labute approximate surface area is 165 Å². The van der Waals surface area contributed by atoms with Crippen molar-refractivity contribution < 1.29 is 14.4 Å². The van der Waals surface area contributed by atoms with Crippen molar-refractivity contribution in [1.29, 1.82) is 5.26 Å². The average Bonchev–Trinajstić information content (AvgIpc) is 2.69. The molecule has 27 heavy (non-hydrogen) atoms. The molecule has 2 rings (SSSR count). The summed E-state index contributed by atoms with van der Waals surface area (Å²) in [5.41, 5.74) is 1.90. The molecule has 1 atom stereocenters. The van der Waals surface area contributed by atoms with Crippen LogP contribution in [0.5, 0.6) is 5.75 Å². The van der Waals surface area contributed by atoms with Gasteiger partial charge in [-0.15, -0.1) is 11.8 Å². The molecule has 0 saturated carbocycles. The number of carbonyl (C=O) groups is 1. The topological polar surface area (TPSA) is 57.8 Å². The zero-order chi connectivity index (χ0) is 19.6. The Morgan fingerprint density at radius 1 is 1.22 bits per heavy atom. The third kappa shape index (κ3) is 6.02. The Morgan fingerprint density at radius 2 is 1.93 bits per heavy atom. The number of anilines is 1. The van der Waals surface area contributed by atoms with E-state index in [-0.39, 0.29) is 12.3 Å². The minimum Gasteiger partial charge on any atom is -0.495 e. The maximum atomic E-state index is 13.0. The van der Waals surface area contributed by atoms with E-state index in [9.17, 15) is 4.79 Å². The number of nitrogens with one attached hydrogen (secondary N) is 1. The van der Waals surface area contributed by atoms with E-state index in [4.69, 9.17) is 10.00 Å². The van der Waals surface area contributed by atoms with E-state index in [0.717, 1.165) is 11.4 Å². The zero-order valence-electron chi connectivity index (χ0n) is 16.1.